The van der Waals surface area contributed by atoms with Crippen LogP contribution in [-0.2, 0) is 11.8 Å². The number of rotatable bonds is 6. The maximum Gasteiger partial charge on any atom is 0.253 e. The Bertz CT molecular complexity index is 1510. The molecule has 4 aromatic heterocycles. The quantitative estimate of drug-likeness (QED) is 0.304. The van der Waals surface area contributed by atoms with Crippen LogP contribution in [0.4, 0.5) is 0 Å². The lowest BCUT2D eigenvalue weighted by Crippen LogP contribution is -2.28. The van der Waals surface area contributed by atoms with Crippen molar-refractivity contribution in [1.82, 2.24) is 19.8 Å². The molecule has 0 bridgehead atoms. The van der Waals surface area contributed by atoms with Crippen LogP contribution in [0.3, 0.4) is 0 Å². The molecule has 0 saturated heterocycles. The molecule has 1 aliphatic heterocycles. The minimum Gasteiger partial charge on any atom is -0.469 e. The molecule has 1 unspecified atom stereocenters. The average Bonchev–Trinajstić information content (AvgIpc) is 3.67. The minimum absolute atomic E-state index is 0.143. The summed E-state index contributed by atoms with van der Waals surface area (Å²) in [5.74, 6) is 2.76. The molecule has 35 heavy (non-hydrogen) atoms. The summed E-state index contributed by atoms with van der Waals surface area (Å²) in [6.07, 6.45) is 3.72. The molecule has 5 aromatic rings. The van der Waals surface area contributed by atoms with Crippen LogP contribution in [0.25, 0.3) is 22.4 Å². The third kappa shape index (κ3) is 3.85. The van der Waals surface area contributed by atoms with E-state index in [1.54, 1.807) is 12.5 Å². The summed E-state index contributed by atoms with van der Waals surface area (Å²) < 4.78 is 18.9. The van der Waals surface area contributed by atoms with Gasteiger partial charge in [0.15, 0.2) is 16.7 Å². The maximum absolute atomic E-state index is 13.3. The average molecular weight is 488 g/mol. The number of amides is 1. The molecule has 0 saturated carbocycles. The SMILES string of the molecule is Cc1occc1-c1nnc(SCC(=O)N2N=C(c3cc4ccccc4o3)CC2c2ccco2)n1C. The lowest BCUT2D eigenvalue weighted by molar-refractivity contribution is -0.130. The number of carbonyl (C=O) groups excluding carboxylic acids is 1. The van der Waals surface area contributed by atoms with E-state index in [9.17, 15) is 4.79 Å². The smallest absolute Gasteiger partial charge is 0.253 e. The molecule has 10 heteroatoms. The van der Waals surface area contributed by atoms with Crippen molar-refractivity contribution >= 4 is 34.3 Å². The van der Waals surface area contributed by atoms with E-state index in [0.717, 1.165) is 22.3 Å². The maximum atomic E-state index is 13.3. The van der Waals surface area contributed by atoms with Crippen molar-refractivity contribution in [2.45, 2.75) is 24.5 Å². The van der Waals surface area contributed by atoms with Crippen LogP contribution in [-0.4, -0.2) is 37.1 Å². The molecule has 0 spiro atoms. The molecule has 1 atom stereocenters. The van der Waals surface area contributed by atoms with E-state index >= 15 is 0 Å². The van der Waals surface area contributed by atoms with Crippen molar-refractivity contribution in [2.75, 3.05) is 5.75 Å². The molecule has 0 aliphatic carbocycles. The molecule has 1 aliphatic rings. The van der Waals surface area contributed by atoms with Gasteiger partial charge in [0, 0.05) is 18.9 Å². The van der Waals surface area contributed by atoms with Gasteiger partial charge in [-0.2, -0.15) is 5.10 Å². The van der Waals surface area contributed by atoms with Crippen LogP contribution in [0.5, 0.6) is 0 Å². The fourth-order valence-corrected chi connectivity index (χ4v) is 4.96. The first-order valence-corrected chi connectivity index (χ1v) is 12.1. The summed E-state index contributed by atoms with van der Waals surface area (Å²) in [6, 6.07) is 14.9. The lowest BCUT2D eigenvalue weighted by Gasteiger charge is -2.19. The van der Waals surface area contributed by atoms with E-state index in [1.807, 2.05) is 67.1 Å². The Morgan fingerprint density at radius 1 is 1.11 bits per heavy atom. The summed E-state index contributed by atoms with van der Waals surface area (Å²) in [5, 5.41) is 16.3. The van der Waals surface area contributed by atoms with Gasteiger partial charge in [-0.1, -0.05) is 30.0 Å². The van der Waals surface area contributed by atoms with Crippen molar-refractivity contribution in [3.05, 3.63) is 78.3 Å². The summed E-state index contributed by atoms with van der Waals surface area (Å²) in [4.78, 5) is 13.3. The molecule has 6 rings (SSSR count). The van der Waals surface area contributed by atoms with Gasteiger partial charge >= 0.3 is 0 Å². The first kappa shape index (κ1) is 21.5. The Kier molecular flexibility index (Phi) is 5.29. The third-order valence-electron chi connectivity index (χ3n) is 6.01. The second-order valence-electron chi connectivity index (χ2n) is 8.21. The number of hydrazone groups is 1. The van der Waals surface area contributed by atoms with Gasteiger partial charge in [-0.25, -0.2) is 5.01 Å². The van der Waals surface area contributed by atoms with E-state index < -0.39 is 0 Å². The summed E-state index contributed by atoms with van der Waals surface area (Å²) in [5.41, 5.74) is 2.36. The van der Waals surface area contributed by atoms with Crippen molar-refractivity contribution in [1.29, 1.82) is 0 Å². The number of benzene rings is 1. The van der Waals surface area contributed by atoms with Crippen LogP contribution in [0, 0.1) is 6.92 Å². The Hall–Kier alpha value is -4.05. The van der Waals surface area contributed by atoms with E-state index in [1.165, 1.54) is 16.8 Å². The molecule has 0 fully saturated rings. The van der Waals surface area contributed by atoms with Gasteiger partial charge in [0.25, 0.3) is 5.91 Å². The molecule has 0 radical (unpaired) electrons. The van der Waals surface area contributed by atoms with E-state index in [2.05, 4.69) is 15.3 Å². The lowest BCUT2D eigenvalue weighted by atomic mass is 10.1. The van der Waals surface area contributed by atoms with Crippen molar-refractivity contribution < 1.29 is 18.0 Å². The van der Waals surface area contributed by atoms with Crippen molar-refractivity contribution in [3.63, 3.8) is 0 Å². The van der Waals surface area contributed by atoms with Gasteiger partial charge < -0.3 is 17.8 Å². The summed E-state index contributed by atoms with van der Waals surface area (Å²) >= 11 is 1.31. The second kappa shape index (κ2) is 8.62. The van der Waals surface area contributed by atoms with Gasteiger partial charge in [-0.3, -0.25) is 4.79 Å². The molecule has 1 amide bonds. The number of furan rings is 3. The zero-order valence-corrected chi connectivity index (χ0v) is 19.9. The highest BCUT2D eigenvalue weighted by atomic mass is 32.2. The zero-order chi connectivity index (χ0) is 23.9. The normalized spacial score (nSPS) is 15.8. The largest absolute Gasteiger partial charge is 0.469 e. The minimum atomic E-state index is -0.343. The van der Waals surface area contributed by atoms with E-state index in [-0.39, 0.29) is 17.7 Å². The first-order chi connectivity index (χ1) is 17.1. The predicted molar refractivity (Wildman–Crippen MR) is 130 cm³/mol. The number of nitrogens with zero attached hydrogens (tertiary/aromatic N) is 5. The van der Waals surface area contributed by atoms with Gasteiger partial charge in [0.05, 0.1) is 23.8 Å². The van der Waals surface area contributed by atoms with Crippen LogP contribution >= 0.6 is 11.8 Å². The highest BCUT2D eigenvalue weighted by molar-refractivity contribution is 7.99. The standard InChI is InChI=1S/C25H21N5O4S/c1-15-17(9-11-32-15)24-26-27-25(29(24)2)35-14-23(31)30-19(21-8-5-10-33-21)13-18(28-30)22-12-16-6-3-4-7-20(16)34-22/h3-12,19H,13-14H2,1-2H3. The molecule has 1 aromatic carbocycles. The second-order valence-corrected chi connectivity index (χ2v) is 9.16. The molecular weight excluding hydrogens is 466 g/mol. The van der Waals surface area contributed by atoms with Gasteiger partial charge in [0.1, 0.15) is 28.9 Å². The number of aromatic nitrogens is 3. The molecule has 9 nitrogen and oxygen atoms in total. The fraction of sp³-hybridized carbons (Fsp3) is 0.200. The molecular formula is C25H21N5O4S. The van der Waals surface area contributed by atoms with E-state index in [4.69, 9.17) is 13.3 Å². The number of para-hydroxylation sites is 1. The van der Waals surface area contributed by atoms with Crippen LogP contribution < -0.4 is 0 Å². The predicted octanol–water partition coefficient (Wildman–Crippen LogP) is 5.19. The van der Waals surface area contributed by atoms with Crippen molar-refractivity contribution in [3.8, 4) is 11.4 Å². The Balaban J connectivity index is 1.24. The van der Waals surface area contributed by atoms with Crippen LogP contribution in [0.2, 0.25) is 0 Å². The highest BCUT2D eigenvalue weighted by Crippen LogP contribution is 2.35. The number of carbonyl (C=O) groups is 1. The van der Waals surface area contributed by atoms with E-state index in [0.29, 0.717) is 34.6 Å². The summed E-state index contributed by atoms with van der Waals surface area (Å²) in [7, 11) is 1.87. The Labute approximate surface area is 204 Å². The highest BCUT2D eigenvalue weighted by Gasteiger charge is 2.36. The van der Waals surface area contributed by atoms with Gasteiger partial charge in [0.2, 0.25) is 0 Å². The number of hydrogen-bond acceptors (Lipinski definition) is 8. The third-order valence-corrected chi connectivity index (χ3v) is 7.01. The number of hydrogen-bond donors (Lipinski definition) is 0. The number of thioether (sulfide) groups is 1. The molecule has 5 heterocycles. The van der Waals surface area contributed by atoms with Crippen LogP contribution in [0.15, 0.2) is 84.6 Å². The first-order valence-electron chi connectivity index (χ1n) is 11.1. The summed E-state index contributed by atoms with van der Waals surface area (Å²) in [6.45, 7) is 1.88. The monoisotopic (exact) mass is 487 g/mol. The van der Waals surface area contributed by atoms with Crippen molar-refractivity contribution in [2.24, 2.45) is 12.1 Å². The molecule has 0 N–H and O–H groups in total. The zero-order valence-electron chi connectivity index (χ0n) is 19.0. The van der Waals surface area contributed by atoms with Crippen LogP contribution in [0.1, 0.15) is 29.7 Å². The topological polar surface area (TPSA) is 103 Å². The number of aryl methyl sites for hydroxylation is 1. The Morgan fingerprint density at radius 2 is 2.00 bits per heavy atom. The van der Waals surface area contributed by atoms with Gasteiger partial charge in [-0.05, 0) is 37.3 Å². The molecule has 176 valence electrons. The van der Waals surface area contributed by atoms with Gasteiger partial charge in [-0.15, -0.1) is 10.2 Å². The number of fused-ring (bicyclic) bond motifs is 1. The fourth-order valence-electron chi connectivity index (χ4n) is 4.20. The Morgan fingerprint density at radius 3 is 2.77 bits per heavy atom.